The summed E-state index contributed by atoms with van der Waals surface area (Å²) in [6, 6.07) is 11.0. The number of rotatable bonds is 7. The second-order valence-corrected chi connectivity index (χ2v) is 10.6. The Morgan fingerprint density at radius 1 is 1.09 bits per heavy atom. The molecule has 7 heteroatoms. The fraction of sp³-hybridized carbons (Fsp3) is 0.481. The van der Waals surface area contributed by atoms with E-state index in [4.69, 9.17) is 0 Å². The van der Waals surface area contributed by atoms with E-state index in [1.54, 1.807) is 13.1 Å². The molecule has 0 saturated heterocycles. The van der Waals surface area contributed by atoms with Gasteiger partial charge in [0.1, 0.15) is 0 Å². The molecule has 0 radical (unpaired) electrons. The van der Waals surface area contributed by atoms with Crippen molar-refractivity contribution in [2.75, 3.05) is 23.8 Å². The van der Waals surface area contributed by atoms with Gasteiger partial charge >= 0.3 is 0 Å². The Kier molecular flexibility index (Phi) is 6.23. The van der Waals surface area contributed by atoms with Gasteiger partial charge in [-0.05, 0) is 72.6 Å². The number of nitrogens with one attached hydrogen (secondary N) is 2. The van der Waals surface area contributed by atoms with E-state index in [1.165, 1.54) is 23.4 Å². The molecule has 182 valence electrons. The minimum atomic E-state index is -0.663. The van der Waals surface area contributed by atoms with Gasteiger partial charge < -0.3 is 25.7 Å². The minimum Gasteiger partial charge on any atom is -0.504 e. The molecule has 2 aromatic carbocycles. The van der Waals surface area contributed by atoms with Gasteiger partial charge in [0.25, 0.3) is 0 Å². The van der Waals surface area contributed by atoms with Crippen molar-refractivity contribution in [1.29, 1.82) is 0 Å². The van der Waals surface area contributed by atoms with Crippen LogP contribution in [0.4, 0.5) is 11.4 Å². The highest BCUT2D eigenvalue weighted by atomic mass is 16.3. The van der Waals surface area contributed by atoms with Crippen molar-refractivity contribution in [3.63, 3.8) is 0 Å². The van der Waals surface area contributed by atoms with Gasteiger partial charge in [0.05, 0.1) is 5.41 Å². The van der Waals surface area contributed by atoms with Gasteiger partial charge in [-0.1, -0.05) is 26.8 Å². The summed E-state index contributed by atoms with van der Waals surface area (Å²) in [6.45, 7) is 7.52. The third kappa shape index (κ3) is 4.56. The number of carbonyl (C=O) groups excluding carboxylic acids is 2. The van der Waals surface area contributed by atoms with Crippen molar-refractivity contribution in [3.8, 4) is 11.5 Å². The van der Waals surface area contributed by atoms with Gasteiger partial charge in [0, 0.05) is 37.4 Å². The van der Waals surface area contributed by atoms with Crippen LogP contribution >= 0.6 is 0 Å². The third-order valence-electron chi connectivity index (χ3n) is 7.23. The first-order valence-electron chi connectivity index (χ1n) is 12.0. The number of carbonyl (C=O) groups is 2. The highest BCUT2D eigenvalue weighted by Crippen LogP contribution is 2.50. The lowest BCUT2D eigenvalue weighted by molar-refractivity contribution is -0.120. The van der Waals surface area contributed by atoms with Crippen molar-refractivity contribution in [1.82, 2.24) is 5.32 Å². The van der Waals surface area contributed by atoms with Crippen molar-refractivity contribution in [2.24, 2.45) is 5.41 Å². The van der Waals surface area contributed by atoms with Gasteiger partial charge in [-0.2, -0.15) is 0 Å². The van der Waals surface area contributed by atoms with E-state index >= 15 is 0 Å². The minimum absolute atomic E-state index is 0.0562. The molecule has 7 nitrogen and oxygen atoms in total. The first kappa shape index (κ1) is 23.9. The second-order valence-electron chi connectivity index (χ2n) is 10.6. The van der Waals surface area contributed by atoms with E-state index in [2.05, 4.69) is 48.4 Å². The van der Waals surface area contributed by atoms with Crippen LogP contribution in [0.25, 0.3) is 0 Å². The van der Waals surface area contributed by atoms with Crippen LogP contribution in [0.2, 0.25) is 0 Å². The summed E-state index contributed by atoms with van der Waals surface area (Å²) in [6.07, 6.45) is 3.59. The van der Waals surface area contributed by atoms with Crippen molar-refractivity contribution >= 4 is 23.2 Å². The molecule has 4 rings (SSSR count). The summed E-state index contributed by atoms with van der Waals surface area (Å²) in [4.78, 5) is 27.3. The maximum atomic E-state index is 13.2. The van der Waals surface area contributed by atoms with Gasteiger partial charge in [-0.15, -0.1) is 0 Å². The third-order valence-corrected chi connectivity index (χ3v) is 7.23. The maximum absolute atomic E-state index is 13.2. The van der Waals surface area contributed by atoms with E-state index < -0.39 is 5.41 Å². The highest BCUT2D eigenvalue weighted by molar-refractivity contribution is 6.01. The van der Waals surface area contributed by atoms with Crippen molar-refractivity contribution in [3.05, 3.63) is 47.5 Å². The largest absolute Gasteiger partial charge is 0.504 e. The Morgan fingerprint density at radius 2 is 1.82 bits per heavy atom. The maximum Gasteiger partial charge on any atom is 0.235 e. The van der Waals surface area contributed by atoms with Crippen LogP contribution in [-0.4, -0.2) is 41.7 Å². The molecule has 1 heterocycles. The molecule has 0 aromatic heterocycles. The van der Waals surface area contributed by atoms with Crippen molar-refractivity contribution in [2.45, 2.75) is 64.3 Å². The molecule has 4 N–H and O–H groups in total. The van der Waals surface area contributed by atoms with Crippen LogP contribution in [-0.2, 0) is 21.4 Å². The number of phenolic OH excluding ortho intramolecular Hbond substituents is 2. The molecular weight excluding hydrogens is 430 g/mol. The van der Waals surface area contributed by atoms with E-state index in [1.807, 2.05) is 6.07 Å². The second kappa shape index (κ2) is 8.85. The molecule has 1 unspecified atom stereocenters. The van der Waals surface area contributed by atoms with Crippen LogP contribution in [0.15, 0.2) is 36.4 Å². The lowest BCUT2D eigenvalue weighted by Crippen LogP contribution is -2.42. The number of fused-ring (bicyclic) bond motifs is 1. The van der Waals surface area contributed by atoms with Crippen molar-refractivity contribution < 1.29 is 19.8 Å². The Bertz CT molecular complexity index is 1100. The quantitative estimate of drug-likeness (QED) is 0.462. The van der Waals surface area contributed by atoms with Crippen LogP contribution in [0, 0.1) is 5.41 Å². The molecule has 1 fully saturated rings. The van der Waals surface area contributed by atoms with Gasteiger partial charge in [0.15, 0.2) is 11.5 Å². The molecule has 1 atom stereocenters. The van der Waals surface area contributed by atoms with Gasteiger partial charge in [-0.25, -0.2) is 0 Å². The molecule has 1 aliphatic carbocycles. The summed E-state index contributed by atoms with van der Waals surface area (Å²) in [5.41, 5.74) is 3.25. The number of benzene rings is 2. The normalized spacial score (nSPS) is 18.4. The van der Waals surface area contributed by atoms with Crippen LogP contribution in [0.5, 0.6) is 11.5 Å². The summed E-state index contributed by atoms with van der Waals surface area (Å²) >= 11 is 0. The molecule has 0 spiro atoms. The van der Waals surface area contributed by atoms with E-state index in [0.717, 1.165) is 30.6 Å². The van der Waals surface area contributed by atoms with E-state index in [0.29, 0.717) is 25.3 Å². The Morgan fingerprint density at radius 3 is 2.44 bits per heavy atom. The van der Waals surface area contributed by atoms with E-state index in [9.17, 15) is 19.8 Å². The molecule has 0 bridgehead atoms. The zero-order chi connectivity index (χ0) is 24.7. The first-order chi connectivity index (χ1) is 16.0. The number of hydrogen-bond donors (Lipinski definition) is 4. The monoisotopic (exact) mass is 465 g/mol. The fourth-order valence-corrected chi connectivity index (χ4v) is 5.02. The zero-order valence-corrected chi connectivity index (χ0v) is 20.4. The SMILES string of the molecule is CNC(=O)CCCN1c2ccc(NC(=O)C3(c4ccc(O)c(O)c4)CC3)cc2CC1C(C)(C)C. The fourth-order valence-electron chi connectivity index (χ4n) is 5.02. The molecule has 2 aromatic rings. The lowest BCUT2D eigenvalue weighted by atomic mass is 9.84. The number of nitrogens with zero attached hydrogens (tertiary/aromatic N) is 1. The summed E-state index contributed by atoms with van der Waals surface area (Å²) < 4.78 is 0. The summed E-state index contributed by atoms with van der Waals surface area (Å²) in [5, 5.41) is 25.3. The first-order valence-corrected chi connectivity index (χ1v) is 12.0. The van der Waals surface area contributed by atoms with Crippen LogP contribution in [0.3, 0.4) is 0 Å². The van der Waals surface area contributed by atoms with Crippen LogP contribution < -0.4 is 15.5 Å². The molecule has 1 aliphatic heterocycles. The van der Waals surface area contributed by atoms with Crippen LogP contribution in [0.1, 0.15) is 57.6 Å². The highest BCUT2D eigenvalue weighted by Gasteiger charge is 2.51. The molecular formula is C27H35N3O4. The number of anilines is 2. The number of amides is 2. The average Bonchev–Trinajstić information content (AvgIpc) is 3.51. The number of phenols is 2. The molecule has 1 saturated carbocycles. The Hall–Kier alpha value is -3.22. The van der Waals surface area contributed by atoms with Gasteiger partial charge in [0.2, 0.25) is 11.8 Å². The Labute approximate surface area is 201 Å². The standard InChI is InChI=1S/C27H35N3O4/c1-26(2,3)23-15-17-14-19(8-9-20(17)30(23)13-5-6-24(33)28-4)29-25(34)27(11-12-27)18-7-10-21(31)22(32)16-18/h7-10,14,16,23,31-32H,5-6,11-13,15H2,1-4H3,(H,28,33)(H,29,34). The molecule has 2 aliphatic rings. The Balaban J connectivity index is 1.51. The average molecular weight is 466 g/mol. The van der Waals surface area contributed by atoms with Gasteiger partial charge in [-0.3, -0.25) is 9.59 Å². The molecule has 2 amide bonds. The predicted molar refractivity (Wildman–Crippen MR) is 133 cm³/mol. The number of hydrogen-bond acceptors (Lipinski definition) is 5. The zero-order valence-electron chi connectivity index (χ0n) is 20.4. The smallest absolute Gasteiger partial charge is 0.235 e. The number of aromatic hydroxyl groups is 2. The summed E-state index contributed by atoms with van der Waals surface area (Å²) in [7, 11) is 1.66. The summed E-state index contributed by atoms with van der Waals surface area (Å²) in [5.74, 6) is -0.434. The van der Waals surface area contributed by atoms with E-state index in [-0.39, 0.29) is 28.7 Å². The predicted octanol–water partition coefficient (Wildman–Crippen LogP) is 4.07. The topological polar surface area (TPSA) is 102 Å². The lowest BCUT2D eigenvalue weighted by Gasteiger charge is -2.37. The molecule has 34 heavy (non-hydrogen) atoms.